The molecule has 0 N–H and O–H groups in total. The second kappa shape index (κ2) is 15.3. The van der Waals surface area contributed by atoms with Gasteiger partial charge in [0.05, 0.1) is 16.8 Å². The van der Waals surface area contributed by atoms with E-state index in [0.29, 0.717) is 5.82 Å². The first-order valence-corrected chi connectivity index (χ1v) is 20.9. The van der Waals surface area contributed by atoms with Gasteiger partial charge in [-0.3, -0.25) is 0 Å². The number of aromatic nitrogens is 2. The van der Waals surface area contributed by atoms with Crippen LogP contribution in [0.25, 0.3) is 78.4 Å². The van der Waals surface area contributed by atoms with Gasteiger partial charge in [-0.25, -0.2) is 9.97 Å². The predicted molar refractivity (Wildman–Crippen MR) is 252 cm³/mol. The van der Waals surface area contributed by atoms with Gasteiger partial charge >= 0.3 is 0 Å². The summed E-state index contributed by atoms with van der Waals surface area (Å²) in [5, 5.41) is 0. The molecular weight excluding hydrogens is 737 g/mol. The predicted octanol–water partition coefficient (Wildman–Crippen LogP) is 14.8. The van der Waals surface area contributed by atoms with Crippen molar-refractivity contribution in [3.8, 4) is 78.4 Å². The molecule has 0 saturated heterocycles. The zero-order chi connectivity index (χ0) is 40.6. The average Bonchev–Trinajstić information content (AvgIpc) is 3.66. The zero-order valence-corrected chi connectivity index (χ0v) is 33.5. The van der Waals surface area contributed by atoms with E-state index in [1.54, 1.807) is 0 Å². The van der Waals surface area contributed by atoms with Crippen LogP contribution in [0.15, 0.2) is 243 Å². The van der Waals surface area contributed by atoms with Gasteiger partial charge in [-0.2, -0.15) is 0 Å². The molecule has 0 amide bonds. The van der Waals surface area contributed by atoms with E-state index in [-0.39, 0.29) is 0 Å². The van der Waals surface area contributed by atoms with E-state index in [2.05, 4.69) is 237 Å². The fourth-order valence-corrected chi connectivity index (χ4v) is 9.41. The molecule has 0 atom stereocenters. The molecule has 2 nitrogen and oxygen atoms in total. The molecule has 1 aliphatic rings. The lowest BCUT2D eigenvalue weighted by atomic mass is 9.67. The summed E-state index contributed by atoms with van der Waals surface area (Å²) in [6, 6.07) is 87.1. The summed E-state index contributed by atoms with van der Waals surface area (Å²) >= 11 is 0. The summed E-state index contributed by atoms with van der Waals surface area (Å²) in [7, 11) is 0. The van der Waals surface area contributed by atoms with Gasteiger partial charge in [0.1, 0.15) is 0 Å². The Morgan fingerprint density at radius 3 is 1.28 bits per heavy atom. The monoisotopic (exact) mass is 776 g/mol. The molecule has 0 fully saturated rings. The SMILES string of the molecule is c1ccc(-c2cc(-c3ccccc3)cc(-c3nc(-c4ccccc4)cc(-c4cccc(-c5cccc6c5-c5ccccc5C6(c5ccccc5)c5ccccc5)c4)n3)c2)cc1. The number of benzene rings is 9. The van der Waals surface area contributed by atoms with Crippen LogP contribution in [0.1, 0.15) is 22.3 Å². The van der Waals surface area contributed by atoms with Crippen molar-refractivity contribution in [3.63, 3.8) is 0 Å². The number of hydrogen-bond donors (Lipinski definition) is 0. The Morgan fingerprint density at radius 1 is 0.262 bits per heavy atom. The second-order valence-electron chi connectivity index (χ2n) is 15.7. The van der Waals surface area contributed by atoms with Crippen LogP contribution in [0.3, 0.4) is 0 Å². The molecule has 61 heavy (non-hydrogen) atoms. The second-order valence-corrected chi connectivity index (χ2v) is 15.7. The van der Waals surface area contributed by atoms with Crippen LogP contribution in [0.2, 0.25) is 0 Å². The molecule has 1 heterocycles. The van der Waals surface area contributed by atoms with Crippen molar-refractivity contribution < 1.29 is 0 Å². The minimum Gasteiger partial charge on any atom is -0.228 e. The molecule has 0 spiro atoms. The van der Waals surface area contributed by atoms with Crippen LogP contribution in [0.5, 0.6) is 0 Å². The molecule has 1 aromatic heterocycles. The third kappa shape index (κ3) is 6.37. The molecule has 2 heteroatoms. The van der Waals surface area contributed by atoms with Crippen LogP contribution in [0, 0.1) is 0 Å². The Labute approximate surface area is 357 Å². The summed E-state index contributed by atoms with van der Waals surface area (Å²) in [5.41, 5.74) is 18.8. The summed E-state index contributed by atoms with van der Waals surface area (Å²) in [5.74, 6) is 0.682. The lowest BCUT2D eigenvalue weighted by Gasteiger charge is -2.34. The third-order valence-corrected chi connectivity index (χ3v) is 12.2. The molecule has 9 aromatic carbocycles. The molecule has 0 aliphatic heterocycles. The highest BCUT2D eigenvalue weighted by molar-refractivity contribution is 5.96. The normalized spacial score (nSPS) is 12.4. The molecule has 1 aliphatic carbocycles. The molecule has 0 unspecified atom stereocenters. The molecule has 10 aromatic rings. The van der Waals surface area contributed by atoms with Gasteiger partial charge in [-0.1, -0.05) is 212 Å². The van der Waals surface area contributed by atoms with Crippen LogP contribution in [-0.2, 0) is 5.41 Å². The van der Waals surface area contributed by atoms with Crippen molar-refractivity contribution in [1.29, 1.82) is 0 Å². The average molecular weight is 777 g/mol. The number of rotatable bonds is 8. The highest BCUT2D eigenvalue weighted by Gasteiger charge is 2.46. The summed E-state index contributed by atoms with van der Waals surface area (Å²) in [6.07, 6.45) is 0. The van der Waals surface area contributed by atoms with Gasteiger partial charge in [0, 0.05) is 16.7 Å². The Balaban J connectivity index is 1.10. The lowest BCUT2D eigenvalue weighted by molar-refractivity contribution is 0.768. The molecule has 0 bridgehead atoms. The van der Waals surface area contributed by atoms with Gasteiger partial charge in [0.2, 0.25) is 0 Å². The van der Waals surface area contributed by atoms with Gasteiger partial charge in [0.15, 0.2) is 5.82 Å². The van der Waals surface area contributed by atoms with Crippen molar-refractivity contribution in [2.45, 2.75) is 5.41 Å². The largest absolute Gasteiger partial charge is 0.228 e. The quantitative estimate of drug-likeness (QED) is 0.154. The van der Waals surface area contributed by atoms with Crippen LogP contribution >= 0.6 is 0 Å². The van der Waals surface area contributed by atoms with Crippen LogP contribution in [-0.4, -0.2) is 9.97 Å². The third-order valence-electron chi connectivity index (χ3n) is 12.2. The van der Waals surface area contributed by atoms with Gasteiger partial charge < -0.3 is 0 Å². The first-order chi connectivity index (χ1) is 30.2. The number of nitrogens with zero attached hydrogens (tertiary/aromatic N) is 2. The number of fused-ring (bicyclic) bond motifs is 3. The zero-order valence-electron chi connectivity index (χ0n) is 33.5. The first kappa shape index (κ1) is 36.2. The maximum Gasteiger partial charge on any atom is 0.160 e. The number of hydrogen-bond acceptors (Lipinski definition) is 2. The van der Waals surface area contributed by atoms with E-state index in [1.807, 2.05) is 6.07 Å². The Hall–Kier alpha value is -7.94. The van der Waals surface area contributed by atoms with Crippen molar-refractivity contribution in [2.75, 3.05) is 0 Å². The Bertz CT molecular complexity index is 3060. The molecule has 286 valence electrons. The summed E-state index contributed by atoms with van der Waals surface area (Å²) in [6.45, 7) is 0. The van der Waals surface area contributed by atoms with E-state index in [9.17, 15) is 0 Å². The van der Waals surface area contributed by atoms with Crippen LogP contribution < -0.4 is 0 Å². The topological polar surface area (TPSA) is 25.8 Å². The minimum absolute atomic E-state index is 0.471. The fraction of sp³-hybridized carbons (Fsp3) is 0.0169. The maximum atomic E-state index is 5.40. The maximum absolute atomic E-state index is 5.40. The van der Waals surface area contributed by atoms with E-state index in [0.717, 1.165) is 55.9 Å². The minimum atomic E-state index is -0.471. The summed E-state index contributed by atoms with van der Waals surface area (Å²) < 4.78 is 0. The standard InChI is InChI=1S/C59H40N2/c1-6-20-41(21-7-1)46-37-47(42-22-8-2-9-23-42)39-48(38-46)58-60-55(43-24-10-3-11-25-43)40-56(61-58)45-27-18-26-44(36-45)51-33-19-35-54-57(51)52-32-16-17-34-53(52)59(54,49-28-12-4-13-29-49)50-30-14-5-15-31-50/h1-40H. The van der Waals surface area contributed by atoms with Crippen molar-refractivity contribution in [2.24, 2.45) is 0 Å². The molecule has 0 saturated carbocycles. The van der Waals surface area contributed by atoms with Crippen molar-refractivity contribution in [1.82, 2.24) is 9.97 Å². The fourth-order valence-electron chi connectivity index (χ4n) is 9.41. The van der Waals surface area contributed by atoms with Gasteiger partial charge in [0.25, 0.3) is 0 Å². The molecular formula is C59H40N2. The highest BCUT2D eigenvalue weighted by atomic mass is 14.9. The van der Waals surface area contributed by atoms with E-state index in [1.165, 1.54) is 38.9 Å². The van der Waals surface area contributed by atoms with E-state index < -0.39 is 5.41 Å². The lowest BCUT2D eigenvalue weighted by Crippen LogP contribution is -2.28. The first-order valence-electron chi connectivity index (χ1n) is 20.9. The van der Waals surface area contributed by atoms with E-state index >= 15 is 0 Å². The highest BCUT2D eigenvalue weighted by Crippen LogP contribution is 2.58. The van der Waals surface area contributed by atoms with Gasteiger partial charge in [-0.15, -0.1) is 0 Å². The van der Waals surface area contributed by atoms with Crippen LogP contribution in [0.4, 0.5) is 0 Å². The van der Waals surface area contributed by atoms with Crippen molar-refractivity contribution >= 4 is 0 Å². The van der Waals surface area contributed by atoms with E-state index in [4.69, 9.17) is 9.97 Å². The Morgan fingerprint density at radius 2 is 0.672 bits per heavy atom. The molecule has 11 rings (SSSR count). The summed E-state index contributed by atoms with van der Waals surface area (Å²) in [4.78, 5) is 10.7. The smallest absolute Gasteiger partial charge is 0.160 e. The molecule has 0 radical (unpaired) electrons. The van der Waals surface area contributed by atoms with Gasteiger partial charge in [-0.05, 0) is 97.1 Å². The van der Waals surface area contributed by atoms with Crippen molar-refractivity contribution in [3.05, 3.63) is 265 Å². The Kier molecular flexibility index (Phi) is 9.09.